The van der Waals surface area contributed by atoms with Crippen LogP contribution in [0.2, 0.25) is 0 Å². The zero-order valence-electron chi connectivity index (χ0n) is 11.3. The number of nitro groups is 1. The van der Waals surface area contributed by atoms with Gasteiger partial charge in [-0.2, -0.15) is 9.65 Å². The highest BCUT2D eigenvalue weighted by molar-refractivity contribution is 5.97. The molecule has 1 saturated carbocycles. The van der Waals surface area contributed by atoms with E-state index in [2.05, 4.69) is 11.4 Å². The Labute approximate surface area is 120 Å². The van der Waals surface area contributed by atoms with Crippen LogP contribution in [0.3, 0.4) is 0 Å². The maximum Gasteiger partial charge on any atom is 0.306 e. The fraction of sp³-hybridized carbons (Fsp3) is 0.429. The molecule has 21 heavy (non-hydrogen) atoms. The number of nitrogens with zero attached hydrogens (tertiary/aromatic N) is 2. The molecule has 0 radical (unpaired) electrons. The first-order valence-corrected chi connectivity index (χ1v) is 6.65. The maximum atomic E-state index is 13.2. The maximum absolute atomic E-state index is 13.2. The van der Waals surface area contributed by atoms with Crippen LogP contribution in [0.4, 0.5) is 15.8 Å². The number of hydrogen-bond donors (Lipinski definition) is 1. The molecule has 0 bridgehead atoms. The fourth-order valence-corrected chi connectivity index (χ4v) is 2.53. The average Bonchev–Trinajstić information content (AvgIpc) is 2.49. The first kappa shape index (κ1) is 14.9. The molecule has 1 aromatic carbocycles. The van der Waals surface area contributed by atoms with Crippen LogP contribution in [0.1, 0.15) is 32.1 Å². The van der Waals surface area contributed by atoms with Gasteiger partial charge in [0, 0.05) is 11.8 Å². The molecule has 1 aliphatic carbocycles. The summed E-state index contributed by atoms with van der Waals surface area (Å²) in [6.07, 6.45) is 3.52. The SMILES string of the molecule is N#CC1(C(=O)Nc2ccc(F)c([N+](=O)[O-])c2)CCCCC1. The van der Waals surface area contributed by atoms with Gasteiger partial charge in [-0.25, -0.2) is 0 Å². The number of halogens is 1. The van der Waals surface area contributed by atoms with Crippen LogP contribution in [0.5, 0.6) is 0 Å². The molecule has 0 aromatic heterocycles. The number of anilines is 1. The van der Waals surface area contributed by atoms with E-state index in [0.717, 1.165) is 31.4 Å². The quantitative estimate of drug-likeness (QED) is 0.683. The Morgan fingerprint density at radius 2 is 2.05 bits per heavy atom. The molecule has 7 heteroatoms. The number of nitrogens with one attached hydrogen (secondary N) is 1. The largest absolute Gasteiger partial charge is 0.324 e. The summed E-state index contributed by atoms with van der Waals surface area (Å²) in [6.45, 7) is 0. The Bertz CT molecular complexity index is 618. The Morgan fingerprint density at radius 1 is 1.38 bits per heavy atom. The highest BCUT2D eigenvalue weighted by atomic mass is 19.1. The van der Waals surface area contributed by atoms with Gasteiger partial charge in [0.15, 0.2) is 0 Å². The van der Waals surface area contributed by atoms with Gasteiger partial charge in [0.2, 0.25) is 11.7 Å². The molecule has 0 heterocycles. The van der Waals surface area contributed by atoms with E-state index in [1.165, 1.54) is 6.07 Å². The predicted molar refractivity (Wildman–Crippen MR) is 72.8 cm³/mol. The zero-order valence-corrected chi connectivity index (χ0v) is 11.3. The molecular weight excluding hydrogens is 277 g/mol. The van der Waals surface area contributed by atoms with Gasteiger partial charge in [-0.3, -0.25) is 14.9 Å². The molecule has 1 aromatic rings. The van der Waals surface area contributed by atoms with Crippen molar-refractivity contribution in [2.75, 3.05) is 5.32 Å². The van der Waals surface area contributed by atoms with Crippen LogP contribution in [-0.2, 0) is 4.79 Å². The van der Waals surface area contributed by atoms with Crippen LogP contribution in [-0.4, -0.2) is 10.8 Å². The molecule has 110 valence electrons. The number of amides is 1. The summed E-state index contributed by atoms with van der Waals surface area (Å²) in [5, 5.41) is 22.5. The number of nitro benzene ring substituents is 1. The molecule has 0 aliphatic heterocycles. The Hall–Kier alpha value is -2.49. The lowest BCUT2D eigenvalue weighted by Gasteiger charge is -2.29. The van der Waals surface area contributed by atoms with Crippen molar-refractivity contribution >= 4 is 17.3 Å². The smallest absolute Gasteiger partial charge is 0.306 e. The second-order valence-corrected chi connectivity index (χ2v) is 5.13. The Kier molecular flexibility index (Phi) is 4.17. The third-order valence-electron chi connectivity index (χ3n) is 3.76. The Morgan fingerprint density at radius 3 is 2.62 bits per heavy atom. The van der Waals surface area contributed by atoms with Crippen LogP contribution in [0, 0.1) is 32.7 Å². The zero-order chi connectivity index (χ0) is 15.5. The molecule has 1 fully saturated rings. The molecule has 0 spiro atoms. The number of rotatable bonds is 3. The monoisotopic (exact) mass is 291 g/mol. The number of hydrogen-bond acceptors (Lipinski definition) is 4. The van der Waals surface area contributed by atoms with Crippen molar-refractivity contribution in [2.45, 2.75) is 32.1 Å². The first-order chi connectivity index (χ1) is 9.98. The van der Waals surface area contributed by atoms with Crippen molar-refractivity contribution in [1.29, 1.82) is 5.26 Å². The summed E-state index contributed by atoms with van der Waals surface area (Å²) in [5.74, 6) is -1.45. The van der Waals surface area contributed by atoms with Gasteiger partial charge in [0.25, 0.3) is 0 Å². The van der Waals surface area contributed by atoms with E-state index in [1.807, 2.05) is 0 Å². The van der Waals surface area contributed by atoms with Crippen molar-refractivity contribution in [3.05, 3.63) is 34.1 Å². The van der Waals surface area contributed by atoms with E-state index in [4.69, 9.17) is 0 Å². The third-order valence-corrected chi connectivity index (χ3v) is 3.76. The molecule has 1 aliphatic rings. The van der Waals surface area contributed by atoms with Gasteiger partial charge in [0.1, 0.15) is 5.41 Å². The molecule has 1 N–H and O–H groups in total. The van der Waals surface area contributed by atoms with E-state index in [0.29, 0.717) is 12.8 Å². The third kappa shape index (κ3) is 2.99. The number of nitriles is 1. The van der Waals surface area contributed by atoms with Gasteiger partial charge in [-0.05, 0) is 25.0 Å². The predicted octanol–water partition coefficient (Wildman–Crippen LogP) is 3.15. The summed E-state index contributed by atoms with van der Waals surface area (Å²) in [7, 11) is 0. The van der Waals surface area contributed by atoms with E-state index in [1.54, 1.807) is 0 Å². The minimum absolute atomic E-state index is 0.119. The molecule has 0 saturated heterocycles. The lowest BCUT2D eigenvalue weighted by atomic mass is 9.74. The van der Waals surface area contributed by atoms with Crippen LogP contribution >= 0.6 is 0 Å². The summed E-state index contributed by atoms with van der Waals surface area (Å²) >= 11 is 0. The van der Waals surface area contributed by atoms with Crippen LogP contribution in [0.15, 0.2) is 18.2 Å². The van der Waals surface area contributed by atoms with Crippen LogP contribution < -0.4 is 5.32 Å². The molecule has 0 atom stereocenters. The summed E-state index contributed by atoms with van der Waals surface area (Å²) < 4.78 is 13.2. The second kappa shape index (κ2) is 5.87. The lowest BCUT2D eigenvalue weighted by Crippen LogP contribution is -2.36. The van der Waals surface area contributed by atoms with Gasteiger partial charge in [-0.1, -0.05) is 19.3 Å². The van der Waals surface area contributed by atoms with E-state index in [9.17, 15) is 24.6 Å². The number of carbonyl (C=O) groups is 1. The van der Waals surface area contributed by atoms with Gasteiger partial charge < -0.3 is 5.32 Å². The molecule has 6 nitrogen and oxygen atoms in total. The first-order valence-electron chi connectivity index (χ1n) is 6.65. The number of benzene rings is 1. The van der Waals surface area contributed by atoms with E-state index < -0.39 is 27.8 Å². The Balaban J connectivity index is 2.21. The van der Waals surface area contributed by atoms with Crippen molar-refractivity contribution in [1.82, 2.24) is 0 Å². The van der Waals surface area contributed by atoms with E-state index in [-0.39, 0.29) is 5.69 Å². The van der Waals surface area contributed by atoms with Gasteiger partial charge >= 0.3 is 5.69 Å². The lowest BCUT2D eigenvalue weighted by molar-refractivity contribution is -0.387. The minimum Gasteiger partial charge on any atom is -0.324 e. The second-order valence-electron chi connectivity index (χ2n) is 5.13. The summed E-state index contributed by atoms with van der Waals surface area (Å²) in [4.78, 5) is 22.1. The standard InChI is InChI=1S/C14H14FN3O3/c15-11-5-4-10(8-12(11)18(20)21)17-13(19)14(9-16)6-2-1-3-7-14/h4-5,8H,1-3,6-7H2,(H,17,19). The van der Waals surface area contributed by atoms with Gasteiger partial charge in [0.05, 0.1) is 11.0 Å². The molecule has 1 amide bonds. The van der Waals surface area contributed by atoms with Crippen molar-refractivity contribution in [3.63, 3.8) is 0 Å². The molecular formula is C14H14FN3O3. The normalized spacial score (nSPS) is 16.8. The topological polar surface area (TPSA) is 96.0 Å². The van der Waals surface area contributed by atoms with Gasteiger partial charge in [-0.15, -0.1) is 0 Å². The van der Waals surface area contributed by atoms with Crippen LogP contribution in [0.25, 0.3) is 0 Å². The van der Waals surface area contributed by atoms with E-state index >= 15 is 0 Å². The van der Waals surface area contributed by atoms with Crippen molar-refractivity contribution in [3.8, 4) is 6.07 Å². The highest BCUT2D eigenvalue weighted by Gasteiger charge is 2.39. The average molecular weight is 291 g/mol. The number of carbonyl (C=O) groups excluding carboxylic acids is 1. The minimum atomic E-state index is -1.10. The summed E-state index contributed by atoms with van der Waals surface area (Å²) in [6, 6.07) is 5.19. The molecule has 2 rings (SSSR count). The van der Waals surface area contributed by atoms with Crippen molar-refractivity contribution in [2.24, 2.45) is 5.41 Å². The highest BCUT2D eigenvalue weighted by Crippen LogP contribution is 2.37. The fourth-order valence-electron chi connectivity index (χ4n) is 2.53. The van der Waals surface area contributed by atoms with Crippen molar-refractivity contribution < 1.29 is 14.1 Å². The molecule has 0 unspecified atom stereocenters. The summed E-state index contributed by atoms with van der Waals surface area (Å²) in [5.41, 5.74) is -1.68.